The number of urea groups is 1. The van der Waals surface area contributed by atoms with E-state index in [1.54, 1.807) is 12.1 Å². The van der Waals surface area contributed by atoms with Crippen molar-refractivity contribution in [1.29, 1.82) is 0 Å². The zero-order valence-corrected chi connectivity index (χ0v) is 14.2. The minimum atomic E-state index is -0.716. The molecule has 2 fully saturated rings. The lowest BCUT2D eigenvalue weighted by atomic mass is 9.73. The molecule has 1 aromatic carbocycles. The Morgan fingerprint density at radius 1 is 1.29 bits per heavy atom. The molecule has 1 aromatic rings. The molecule has 1 saturated carbocycles. The Kier molecular flexibility index (Phi) is 4.58. The first-order valence-corrected chi connectivity index (χ1v) is 8.49. The van der Waals surface area contributed by atoms with E-state index in [-0.39, 0.29) is 30.3 Å². The van der Waals surface area contributed by atoms with Crippen LogP contribution in [-0.4, -0.2) is 41.0 Å². The van der Waals surface area contributed by atoms with Gasteiger partial charge in [-0.15, -0.1) is 0 Å². The lowest BCUT2D eigenvalue weighted by Gasteiger charge is -2.37. The summed E-state index contributed by atoms with van der Waals surface area (Å²) in [6.07, 6.45) is 3.76. The molecule has 24 heavy (non-hydrogen) atoms. The van der Waals surface area contributed by atoms with Crippen molar-refractivity contribution in [2.75, 3.05) is 13.7 Å². The summed E-state index contributed by atoms with van der Waals surface area (Å²) in [7, 11) is 1.85. The van der Waals surface area contributed by atoms with Gasteiger partial charge in [0.05, 0.1) is 6.67 Å². The molecule has 1 aliphatic heterocycles. The highest BCUT2D eigenvalue weighted by Crippen LogP contribution is 2.38. The number of nitrogens with one attached hydrogen (secondary N) is 1. The number of carbonyl (C=O) groups excluding carboxylic acids is 2. The average molecular weight is 333 g/mol. The molecule has 1 N–H and O–H groups in total. The van der Waals surface area contributed by atoms with Crippen LogP contribution in [0.15, 0.2) is 24.3 Å². The number of hydrogen-bond donors (Lipinski definition) is 1. The molecular weight excluding hydrogens is 309 g/mol. The summed E-state index contributed by atoms with van der Waals surface area (Å²) in [6, 6.07) is 5.94. The number of amides is 3. The summed E-state index contributed by atoms with van der Waals surface area (Å²) >= 11 is 0. The quantitative estimate of drug-likeness (QED) is 0.862. The third kappa shape index (κ3) is 3.02. The maximum atomic E-state index is 13.0. The van der Waals surface area contributed by atoms with Crippen molar-refractivity contribution in [1.82, 2.24) is 15.1 Å². The molecule has 5 nitrogen and oxygen atoms in total. The molecule has 1 saturated heterocycles. The van der Waals surface area contributed by atoms with E-state index < -0.39 is 5.54 Å². The van der Waals surface area contributed by atoms with E-state index in [0.717, 1.165) is 31.2 Å². The SMILES string of the molecule is C[C@@H]1CCCC[C@]12NC(=O)N(CN(C)Cc1ccc(F)cc1)C2=O. The summed E-state index contributed by atoms with van der Waals surface area (Å²) in [5, 5.41) is 2.96. The summed E-state index contributed by atoms with van der Waals surface area (Å²) < 4.78 is 13.0. The molecule has 3 amide bonds. The first-order chi connectivity index (χ1) is 11.4. The fourth-order valence-corrected chi connectivity index (χ4v) is 3.82. The molecule has 0 aromatic heterocycles. The standard InChI is InChI=1S/C18H24FN3O2/c1-13-5-3-4-10-18(13)16(23)22(17(24)20-18)12-21(2)11-14-6-8-15(19)9-7-14/h6-9,13H,3-5,10-12H2,1-2H3,(H,20,24)/t13-,18+/m1/s1. The summed E-state index contributed by atoms with van der Waals surface area (Å²) in [5.41, 5.74) is 0.221. The normalized spacial score (nSPS) is 27.2. The van der Waals surface area contributed by atoms with E-state index in [1.807, 2.05) is 18.9 Å². The van der Waals surface area contributed by atoms with E-state index in [1.165, 1.54) is 17.0 Å². The molecule has 0 unspecified atom stereocenters. The van der Waals surface area contributed by atoms with Gasteiger partial charge in [-0.2, -0.15) is 0 Å². The first-order valence-electron chi connectivity index (χ1n) is 8.49. The van der Waals surface area contributed by atoms with Gasteiger partial charge < -0.3 is 5.32 Å². The Hall–Kier alpha value is -1.95. The number of imide groups is 1. The van der Waals surface area contributed by atoms with Crippen molar-refractivity contribution in [2.24, 2.45) is 5.92 Å². The zero-order chi connectivity index (χ0) is 17.3. The van der Waals surface area contributed by atoms with Gasteiger partial charge in [-0.25, -0.2) is 14.1 Å². The third-order valence-electron chi connectivity index (χ3n) is 5.25. The van der Waals surface area contributed by atoms with E-state index >= 15 is 0 Å². The Labute approximate surface area is 141 Å². The van der Waals surface area contributed by atoms with Crippen LogP contribution in [0.3, 0.4) is 0 Å². The lowest BCUT2D eigenvalue weighted by molar-refractivity contribution is -0.135. The monoisotopic (exact) mass is 333 g/mol. The molecule has 6 heteroatoms. The van der Waals surface area contributed by atoms with Gasteiger partial charge in [-0.3, -0.25) is 9.69 Å². The number of rotatable bonds is 4. The molecule has 0 bridgehead atoms. The maximum absolute atomic E-state index is 13.0. The van der Waals surface area contributed by atoms with Crippen LogP contribution in [0.25, 0.3) is 0 Å². The second kappa shape index (κ2) is 6.51. The average Bonchev–Trinajstić information content (AvgIpc) is 2.78. The van der Waals surface area contributed by atoms with E-state index in [2.05, 4.69) is 5.32 Å². The molecule has 1 spiro atoms. The van der Waals surface area contributed by atoms with Gasteiger partial charge >= 0.3 is 6.03 Å². The van der Waals surface area contributed by atoms with Crippen molar-refractivity contribution in [2.45, 2.75) is 44.7 Å². The van der Waals surface area contributed by atoms with Gasteiger partial charge in [-0.05, 0) is 43.5 Å². The topological polar surface area (TPSA) is 52.7 Å². The number of carbonyl (C=O) groups is 2. The van der Waals surface area contributed by atoms with Crippen LogP contribution in [0.4, 0.5) is 9.18 Å². The van der Waals surface area contributed by atoms with Gasteiger partial charge in [0, 0.05) is 6.54 Å². The third-order valence-corrected chi connectivity index (χ3v) is 5.25. The van der Waals surface area contributed by atoms with Crippen LogP contribution >= 0.6 is 0 Å². The highest BCUT2D eigenvalue weighted by molar-refractivity contribution is 6.07. The van der Waals surface area contributed by atoms with Crippen LogP contribution in [-0.2, 0) is 11.3 Å². The number of nitrogens with zero attached hydrogens (tertiary/aromatic N) is 2. The van der Waals surface area contributed by atoms with Crippen molar-refractivity contribution >= 4 is 11.9 Å². The summed E-state index contributed by atoms with van der Waals surface area (Å²) in [5.74, 6) is -0.218. The number of benzene rings is 1. The van der Waals surface area contributed by atoms with E-state index in [0.29, 0.717) is 6.54 Å². The van der Waals surface area contributed by atoms with E-state index in [4.69, 9.17) is 0 Å². The predicted octanol–water partition coefficient (Wildman–Crippen LogP) is 2.72. The molecule has 3 rings (SSSR count). The Morgan fingerprint density at radius 3 is 2.67 bits per heavy atom. The van der Waals surface area contributed by atoms with Gasteiger partial charge in [0.25, 0.3) is 5.91 Å². The smallest absolute Gasteiger partial charge is 0.323 e. The van der Waals surface area contributed by atoms with Crippen LogP contribution in [0.5, 0.6) is 0 Å². The van der Waals surface area contributed by atoms with Crippen LogP contribution in [0, 0.1) is 11.7 Å². The minimum absolute atomic E-state index is 0.106. The number of halogens is 1. The largest absolute Gasteiger partial charge is 0.326 e. The zero-order valence-electron chi connectivity index (χ0n) is 14.2. The van der Waals surface area contributed by atoms with E-state index in [9.17, 15) is 14.0 Å². The Bertz CT molecular complexity index is 634. The molecule has 2 atom stereocenters. The molecule has 1 heterocycles. The molecular formula is C18H24FN3O2. The Balaban J connectivity index is 1.67. The molecule has 1 aliphatic carbocycles. The summed E-state index contributed by atoms with van der Waals surface area (Å²) in [4.78, 5) is 28.5. The van der Waals surface area contributed by atoms with Crippen LogP contribution in [0.2, 0.25) is 0 Å². The van der Waals surface area contributed by atoms with Crippen molar-refractivity contribution in [3.63, 3.8) is 0 Å². The fraction of sp³-hybridized carbons (Fsp3) is 0.556. The second-order valence-corrected chi connectivity index (χ2v) is 7.06. The molecule has 0 radical (unpaired) electrons. The summed E-state index contributed by atoms with van der Waals surface area (Å²) in [6.45, 7) is 2.82. The number of hydrogen-bond acceptors (Lipinski definition) is 3. The predicted molar refractivity (Wildman–Crippen MR) is 88.5 cm³/mol. The Morgan fingerprint density at radius 2 is 2.00 bits per heavy atom. The van der Waals surface area contributed by atoms with Crippen molar-refractivity contribution in [3.05, 3.63) is 35.6 Å². The van der Waals surface area contributed by atoms with Crippen molar-refractivity contribution in [3.8, 4) is 0 Å². The molecule has 130 valence electrons. The fourth-order valence-electron chi connectivity index (χ4n) is 3.82. The van der Waals surface area contributed by atoms with Crippen LogP contribution in [0.1, 0.15) is 38.2 Å². The minimum Gasteiger partial charge on any atom is -0.323 e. The second-order valence-electron chi connectivity index (χ2n) is 7.06. The van der Waals surface area contributed by atoms with Gasteiger partial charge in [0.15, 0.2) is 0 Å². The van der Waals surface area contributed by atoms with Gasteiger partial charge in [0.2, 0.25) is 0 Å². The highest BCUT2D eigenvalue weighted by atomic mass is 19.1. The maximum Gasteiger partial charge on any atom is 0.326 e. The van der Waals surface area contributed by atoms with Gasteiger partial charge in [0.1, 0.15) is 11.4 Å². The highest BCUT2D eigenvalue weighted by Gasteiger charge is 2.54. The van der Waals surface area contributed by atoms with Crippen molar-refractivity contribution < 1.29 is 14.0 Å². The van der Waals surface area contributed by atoms with Crippen LogP contribution < -0.4 is 5.32 Å². The first kappa shape index (κ1) is 16.9. The van der Waals surface area contributed by atoms with Gasteiger partial charge in [-0.1, -0.05) is 31.9 Å². The molecule has 2 aliphatic rings. The lowest BCUT2D eigenvalue weighted by Crippen LogP contribution is -2.54.